The average Bonchev–Trinajstić information content (AvgIpc) is 4.02. The van der Waals surface area contributed by atoms with Crippen molar-refractivity contribution in [2.24, 2.45) is 0 Å². The highest BCUT2D eigenvalue weighted by atomic mass is 16.5. The van der Waals surface area contributed by atoms with Crippen LogP contribution in [0, 0.1) is 0 Å². The third kappa shape index (κ3) is 9.07. The van der Waals surface area contributed by atoms with Crippen LogP contribution in [-0.4, -0.2) is 102 Å². The summed E-state index contributed by atoms with van der Waals surface area (Å²) in [5.74, 6) is 2.22. The Balaban J connectivity index is 0.00000160. The van der Waals surface area contributed by atoms with Gasteiger partial charge in [0.05, 0.1) is 43.0 Å². The van der Waals surface area contributed by atoms with E-state index in [0.717, 1.165) is 105 Å². The van der Waals surface area contributed by atoms with Crippen molar-refractivity contribution in [1.82, 2.24) is 44.4 Å². The SMILES string of the molecule is CO[C@H]1CCN(CCn2cc(-n3nc(C(C)(C)C)cc3NC(=O)N[C@H]3CC[C@@H](Oc4ccc5nnc(N6CCCC[C@@H]6C)n5c4)c4ccccc43)cn2)C1.O=CO. The van der Waals surface area contributed by atoms with Crippen LogP contribution in [0.3, 0.4) is 0 Å². The fourth-order valence-corrected chi connectivity index (χ4v) is 8.07. The summed E-state index contributed by atoms with van der Waals surface area (Å²) in [7, 11) is 1.78. The molecule has 0 spiro atoms. The number of aromatic nitrogens is 7. The molecule has 2 amide bonds. The molecule has 1 aromatic carbocycles. The van der Waals surface area contributed by atoms with E-state index in [0.29, 0.717) is 18.0 Å². The Morgan fingerprint density at radius 3 is 2.56 bits per heavy atom. The summed E-state index contributed by atoms with van der Waals surface area (Å²) in [6.45, 7) is 13.0. The maximum absolute atomic E-state index is 13.7. The number of methoxy groups -OCH3 is 1. The number of hydrogen-bond donors (Lipinski definition) is 3. The number of nitrogens with zero attached hydrogens (tertiary/aromatic N) is 9. The monoisotopic (exact) mass is 781 g/mol. The van der Waals surface area contributed by atoms with Crippen molar-refractivity contribution in [3.05, 3.63) is 77.9 Å². The quantitative estimate of drug-likeness (QED) is 0.143. The molecule has 0 saturated carbocycles. The number of fused-ring (bicyclic) bond motifs is 2. The highest BCUT2D eigenvalue weighted by Gasteiger charge is 2.31. The summed E-state index contributed by atoms with van der Waals surface area (Å²) in [6, 6.07) is 14.1. The van der Waals surface area contributed by atoms with E-state index in [2.05, 4.69) is 75.6 Å². The molecule has 2 saturated heterocycles. The highest BCUT2D eigenvalue weighted by molar-refractivity contribution is 5.89. The van der Waals surface area contributed by atoms with Crippen LogP contribution in [0.15, 0.2) is 61.1 Å². The maximum atomic E-state index is 13.7. The second kappa shape index (κ2) is 17.3. The molecular formula is C41H55N11O5. The first-order valence-electron chi connectivity index (χ1n) is 20.0. The lowest BCUT2D eigenvalue weighted by Crippen LogP contribution is -2.38. The molecule has 1 aliphatic carbocycles. The molecule has 16 heteroatoms. The van der Waals surface area contributed by atoms with E-state index in [1.54, 1.807) is 18.0 Å². The first kappa shape index (κ1) is 39.7. The summed E-state index contributed by atoms with van der Waals surface area (Å²) in [6.07, 6.45) is 12.0. The van der Waals surface area contributed by atoms with Crippen LogP contribution in [0.1, 0.15) is 95.2 Å². The number of benzene rings is 1. The number of ether oxygens (including phenoxy) is 2. The highest BCUT2D eigenvalue weighted by Crippen LogP contribution is 2.39. The first-order valence-corrected chi connectivity index (χ1v) is 20.0. The molecule has 3 N–H and O–H groups in total. The number of piperidine rings is 1. The van der Waals surface area contributed by atoms with E-state index in [1.807, 2.05) is 51.8 Å². The number of carbonyl (C=O) groups excluding carboxylic acids is 1. The summed E-state index contributed by atoms with van der Waals surface area (Å²) in [4.78, 5) is 26.9. The fraction of sp³-hybridized carbons (Fsp3) is 0.512. The van der Waals surface area contributed by atoms with Gasteiger partial charge in [-0.05, 0) is 68.7 Å². The number of hydrogen-bond acceptors (Lipinski definition) is 10. The molecule has 304 valence electrons. The topological polar surface area (TPSA) is 169 Å². The number of rotatable bonds is 10. The number of urea groups is 1. The second-order valence-corrected chi connectivity index (χ2v) is 16.2. The van der Waals surface area contributed by atoms with Crippen molar-refractivity contribution in [2.45, 2.75) is 102 Å². The van der Waals surface area contributed by atoms with E-state index in [-0.39, 0.29) is 30.1 Å². The Labute approximate surface area is 333 Å². The molecule has 3 aliphatic rings. The summed E-state index contributed by atoms with van der Waals surface area (Å²) in [5.41, 5.74) is 4.38. The van der Waals surface area contributed by atoms with Crippen LogP contribution in [0.2, 0.25) is 0 Å². The molecule has 2 fully saturated rings. The van der Waals surface area contributed by atoms with Crippen molar-refractivity contribution in [3.63, 3.8) is 0 Å². The van der Waals surface area contributed by atoms with Gasteiger partial charge in [-0.25, -0.2) is 9.48 Å². The molecule has 8 rings (SSSR count). The molecule has 0 unspecified atom stereocenters. The standard InChI is InChI=1S/C40H53N11O3.CH2O2/c1-27-10-8-9-18-49(27)39-45-44-36-16-13-30(26-50(36)39)54-34-15-14-33(31-11-6-7-12-32(31)34)42-38(52)43-37-22-35(40(2,3)4)46-51(37)28-23-41-48(24-28)21-20-47-19-17-29(25-47)53-5;2-1-3/h6-7,11-13,16,22-24,26-27,29,33-34H,8-10,14-15,17-21,25H2,1-5H3,(H2,42,43,52);1H,(H,2,3)/t27-,29-,33-,34+;/m0./s1. The minimum atomic E-state index is -0.289. The Bertz CT molecular complexity index is 2140. The van der Waals surface area contributed by atoms with Crippen LogP contribution >= 0.6 is 0 Å². The molecule has 4 aromatic heterocycles. The lowest BCUT2D eigenvalue weighted by molar-refractivity contribution is -0.122. The molecule has 0 bridgehead atoms. The zero-order valence-corrected chi connectivity index (χ0v) is 33.5. The number of anilines is 2. The Hall–Kier alpha value is -5.48. The zero-order valence-electron chi connectivity index (χ0n) is 33.5. The maximum Gasteiger partial charge on any atom is 0.320 e. The number of amides is 2. The van der Waals surface area contributed by atoms with E-state index in [1.165, 1.54) is 6.42 Å². The number of carbonyl (C=O) groups is 2. The van der Waals surface area contributed by atoms with E-state index >= 15 is 0 Å². The lowest BCUT2D eigenvalue weighted by atomic mass is 9.85. The van der Waals surface area contributed by atoms with Crippen molar-refractivity contribution in [3.8, 4) is 11.4 Å². The fourth-order valence-electron chi connectivity index (χ4n) is 8.07. The lowest BCUT2D eigenvalue weighted by Gasteiger charge is -2.33. The van der Waals surface area contributed by atoms with Gasteiger partial charge in [0, 0.05) is 50.8 Å². The van der Waals surface area contributed by atoms with E-state index < -0.39 is 0 Å². The normalized spacial score (nSPS) is 21.1. The number of nitrogens with one attached hydrogen (secondary N) is 2. The molecule has 0 radical (unpaired) electrons. The van der Waals surface area contributed by atoms with Gasteiger partial charge >= 0.3 is 6.03 Å². The number of carboxylic acid groups (broad SMARTS) is 1. The van der Waals surface area contributed by atoms with Gasteiger partial charge in [-0.3, -0.25) is 24.1 Å². The van der Waals surface area contributed by atoms with Crippen molar-refractivity contribution < 1.29 is 24.2 Å². The minimum absolute atomic E-state index is 0.159. The number of likely N-dealkylation sites (tertiary alicyclic amines) is 1. The van der Waals surface area contributed by atoms with Crippen molar-refractivity contribution in [2.75, 3.05) is 43.5 Å². The predicted molar refractivity (Wildman–Crippen MR) is 216 cm³/mol. The van der Waals surface area contributed by atoms with Gasteiger partial charge in [-0.15, -0.1) is 10.2 Å². The minimum Gasteiger partial charge on any atom is -0.484 e. The molecular weight excluding hydrogens is 727 g/mol. The Morgan fingerprint density at radius 1 is 1.00 bits per heavy atom. The van der Waals surface area contributed by atoms with Crippen molar-refractivity contribution >= 4 is 29.9 Å². The molecule has 16 nitrogen and oxygen atoms in total. The molecule has 4 atom stereocenters. The summed E-state index contributed by atoms with van der Waals surface area (Å²) in [5, 5.41) is 31.8. The Morgan fingerprint density at radius 2 is 1.81 bits per heavy atom. The number of pyridine rings is 1. The Kier molecular flexibility index (Phi) is 12.1. The van der Waals surface area contributed by atoms with Gasteiger partial charge in [0.1, 0.15) is 23.4 Å². The third-order valence-electron chi connectivity index (χ3n) is 11.2. The van der Waals surface area contributed by atoms with Gasteiger partial charge in [-0.2, -0.15) is 10.2 Å². The van der Waals surface area contributed by atoms with Gasteiger partial charge < -0.3 is 24.8 Å². The van der Waals surface area contributed by atoms with Gasteiger partial charge in [-0.1, -0.05) is 45.0 Å². The van der Waals surface area contributed by atoms with Gasteiger partial charge in [0.2, 0.25) is 5.95 Å². The molecule has 5 aromatic rings. The third-order valence-corrected chi connectivity index (χ3v) is 11.2. The first-order chi connectivity index (χ1) is 27.5. The van der Waals surface area contributed by atoms with Crippen LogP contribution in [0.5, 0.6) is 5.75 Å². The largest absolute Gasteiger partial charge is 0.484 e. The summed E-state index contributed by atoms with van der Waals surface area (Å²) >= 11 is 0. The average molecular weight is 782 g/mol. The molecule has 57 heavy (non-hydrogen) atoms. The summed E-state index contributed by atoms with van der Waals surface area (Å²) < 4.78 is 18.0. The van der Waals surface area contributed by atoms with Crippen LogP contribution in [0.4, 0.5) is 16.6 Å². The molecule has 6 heterocycles. The van der Waals surface area contributed by atoms with E-state index in [4.69, 9.17) is 24.5 Å². The smallest absolute Gasteiger partial charge is 0.320 e. The van der Waals surface area contributed by atoms with E-state index in [9.17, 15) is 4.79 Å². The molecule has 2 aliphatic heterocycles. The van der Waals surface area contributed by atoms with Gasteiger partial charge in [0.15, 0.2) is 5.65 Å². The zero-order chi connectivity index (χ0) is 40.1. The van der Waals surface area contributed by atoms with Crippen LogP contribution in [-0.2, 0) is 21.5 Å². The van der Waals surface area contributed by atoms with Crippen molar-refractivity contribution in [1.29, 1.82) is 0 Å². The van der Waals surface area contributed by atoms with Gasteiger partial charge in [0.25, 0.3) is 6.47 Å². The predicted octanol–water partition coefficient (Wildman–Crippen LogP) is 5.99. The van der Waals surface area contributed by atoms with Crippen LogP contribution in [0.25, 0.3) is 11.3 Å². The van der Waals surface area contributed by atoms with Crippen LogP contribution < -0.4 is 20.3 Å². The second-order valence-electron chi connectivity index (χ2n) is 16.2.